The maximum absolute atomic E-state index is 11.9. The van der Waals surface area contributed by atoms with Crippen LogP contribution in [0.3, 0.4) is 0 Å². The van der Waals surface area contributed by atoms with Crippen molar-refractivity contribution in [3.8, 4) is 0 Å². The number of nitrogens with two attached hydrogens (primary N) is 1. The van der Waals surface area contributed by atoms with Crippen molar-refractivity contribution < 1.29 is 4.79 Å². The van der Waals surface area contributed by atoms with Crippen molar-refractivity contribution in [3.63, 3.8) is 0 Å². The van der Waals surface area contributed by atoms with Crippen LogP contribution < -0.4 is 16.4 Å². The maximum Gasteiger partial charge on any atom is 0.178 e. The van der Waals surface area contributed by atoms with Crippen molar-refractivity contribution in [1.29, 1.82) is 0 Å². The first-order chi connectivity index (χ1) is 9.77. The second-order valence-corrected chi connectivity index (χ2v) is 4.73. The van der Waals surface area contributed by atoms with Gasteiger partial charge in [0.15, 0.2) is 5.78 Å². The van der Waals surface area contributed by atoms with Gasteiger partial charge in [-0.2, -0.15) is 0 Å². The Kier molecular flexibility index (Phi) is 5.29. The first-order valence-corrected chi connectivity index (χ1v) is 6.94. The van der Waals surface area contributed by atoms with Crippen LogP contribution in [-0.2, 0) is 6.54 Å². The van der Waals surface area contributed by atoms with E-state index in [4.69, 9.17) is 5.73 Å². The molecule has 0 amide bonds. The van der Waals surface area contributed by atoms with Crippen LogP contribution in [0.15, 0.2) is 30.5 Å². The van der Waals surface area contributed by atoms with Gasteiger partial charge in [0.25, 0.3) is 0 Å². The van der Waals surface area contributed by atoms with Crippen LogP contribution in [0.5, 0.6) is 0 Å². The van der Waals surface area contributed by atoms with Crippen molar-refractivity contribution in [1.82, 2.24) is 15.2 Å². The van der Waals surface area contributed by atoms with Gasteiger partial charge in [-0.1, -0.05) is 18.2 Å². The topological polar surface area (TPSA) is 72.1 Å². The van der Waals surface area contributed by atoms with Crippen LogP contribution in [0, 0.1) is 0 Å². The van der Waals surface area contributed by atoms with Gasteiger partial charge in [0, 0.05) is 48.8 Å². The molecule has 20 heavy (non-hydrogen) atoms. The van der Waals surface area contributed by atoms with Crippen LogP contribution in [0.2, 0.25) is 0 Å². The second kappa shape index (κ2) is 7.19. The van der Waals surface area contributed by atoms with Crippen molar-refractivity contribution in [2.75, 3.05) is 33.2 Å². The molecule has 1 aromatic carbocycles. The van der Waals surface area contributed by atoms with Gasteiger partial charge in [-0.25, -0.2) is 0 Å². The van der Waals surface area contributed by atoms with Crippen LogP contribution in [0.1, 0.15) is 10.4 Å². The van der Waals surface area contributed by atoms with E-state index < -0.39 is 0 Å². The Labute approximate surface area is 119 Å². The number of ketones is 1. The fourth-order valence-electron chi connectivity index (χ4n) is 2.30. The van der Waals surface area contributed by atoms with E-state index >= 15 is 0 Å². The Hall–Kier alpha value is -1.69. The van der Waals surface area contributed by atoms with Gasteiger partial charge >= 0.3 is 0 Å². The first-order valence-electron chi connectivity index (χ1n) is 6.94. The van der Waals surface area contributed by atoms with Gasteiger partial charge in [0.1, 0.15) is 0 Å². The number of para-hydroxylation sites is 1. The van der Waals surface area contributed by atoms with Crippen molar-refractivity contribution in [3.05, 3.63) is 36.0 Å². The molecule has 0 fully saturated rings. The maximum atomic E-state index is 11.9. The lowest BCUT2D eigenvalue weighted by Gasteiger charge is -2.06. The Morgan fingerprint density at radius 2 is 2.05 bits per heavy atom. The third-order valence-corrected chi connectivity index (χ3v) is 3.36. The fourth-order valence-corrected chi connectivity index (χ4v) is 2.30. The molecule has 5 heteroatoms. The number of benzene rings is 1. The van der Waals surface area contributed by atoms with Crippen molar-refractivity contribution in [2.45, 2.75) is 6.54 Å². The molecule has 0 aliphatic heterocycles. The number of hydrogen-bond acceptors (Lipinski definition) is 4. The summed E-state index contributed by atoms with van der Waals surface area (Å²) in [5, 5.41) is 7.44. The molecule has 4 N–H and O–H groups in total. The van der Waals surface area contributed by atoms with E-state index in [9.17, 15) is 4.79 Å². The second-order valence-electron chi connectivity index (χ2n) is 4.73. The molecule has 2 rings (SSSR count). The Morgan fingerprint density at radius 3 is 2.80 bits per heavy atom. The number of rotatable bonds is 8. The number of nitrogens with one attached hydrogen (secondary N) is 2. The highest BCUT2D eigenvalue weighted by Gasteiger charge is 2.12. The van der Waals surface area contributed by atoms with Crippen LogP contribution in [0.25, 0.3) is 10.9 Å². The van der Waals surface area contributed by atoms with Gasteiger partial charge in [0.2, 0.25) is 0 Å². The minimum Gasteiger partial charge on any atom is -0.345 e. The van der Waals surface area contributed by atoms with E-state index in [0.29, 0.717) is 0 Å². The van der Waals surface area contributed by atoms with Gasteiger partial charge < -0.3 is 20.9 Å². The zero-order chi connectivity index (χ0) is 14.4. The monoisotopic (exact) mass is 274 g/mol. The predicted octanol–water partition coefficient (Wildman–Crippen LogP) is 0.592. The molecular formula is C15H22N4O. The number of fused-ring (bicyclic) bond motifs is 1. The number of nitrogens with zero attached hydrogens (tertiary/aromatic N) is 1. The number of likely N-dealkylation sites (N-methyl/N-ethyl adjacent to an activating group) is 1. The summed E-state index contributed by atoms with van der Waals surface area (Å²) in [4.78, 5) is 11.9. The average Bonchev–Trinajstić information content (AvgIpc) is 2.85. The molecule has 1 heterocycles. The van der Waals surface area contributed by atoms with Crippen molar-refractivity contribution >= 4 is 16.7 Å². The molecule has 0 radical (unpaired) electrons. The van der Waals surface area contributed by atoms with Crippen molar-refractivity contribution in [2.24, 2.45) is 5.73 Å². The van der Waals surface area contributed by atoms with Gasteiger partial charge in [-0.3, -0.25) is 4.79 Å². The molecule has 0 bridgehead atoms. The fraction of sp³-hybridized carbons (Fsp3) is 0.400. The predicted molar refractivity (Wildman–Crippen MR) is 82.1 cm³/mol. The number of hydrogen-bond donors (Lipinski definition) is 3. The number of carbonyl (C=O) groups excluding carboxylic acids is 1. The lowest BCUT2D eigenvalue weighted by Crippen LogP contribution is -2.27. The average molecular weight is 274 g/mol. The van der Waals surface area contributed by atoms with E-state index in [1.165, 1.54) is 0 Å². The highest BCUT2D eigenvalue weighted by Crippen LogP contribution is 2.21. The Morgan fingerprint density at radius 1 is 1.25 bits per heavy atom. The number of carbonyl (C=O) groups is 1. The molecule has 108 valence electrons. The summed E-state index contributed by atoms with van der Waals surface area (Å²) >= 11 is 0. The highest BCUT2D eigenvalue weighted by atomic mass is 16.1. The number of Topliss-reactive ketones (excluding diaryl/α,β-unsaturated/α-hetero) is 1. The van der Waals surface area contributed by atoms with Crippen LogP contribution in [-0.4, -0.2) is 43.6 Å². The Balaban J connectivity index is 2.14. The third-order valence-electron chi connectivity index (χ3n) is 3.36. The minimum atomic E-state index is -0.0110. The standard InChI is InChI=1S/C15H22N4O/c1-17-6-7-18-8-9-19-11-13(15(20)10-16)12-4-2-3-5-14(12)19/h2-5,11,17-18H,6-10,16H2,1H3. The zero-order valence-electron chi connectivity index (χ0n) is 11.9. The summed E-state index contributed by atoms with van der Waals surface area (Å²) in [6, 6.07) is 7.95. The van der Waals surface area contributed by atoms with E-state index in [2.05, 4.69) is 15.2 Å². The van der Waals surface area contributed by atoms with Gasteiger partial charge in [0.05, 0.1) is 6.54 Å². The minimum absolute atomic E-state index is 0.0110. The summed E-state index contributed by atoms with van der Waals surface area (Å²) in [6.07, 6.45) is 1.92. The summed E-state index contributed by atoms with van der Waals surface area (Å²) in [7, 11) is 1.94. The van der Waals surface area contributed by atoms with Crippen LogP contribution >= 0.6 is 0 Å². The van der Waals surface area contributed by atoms with Crippen LogP contribution in [0.4, 0.5) is 0 Å². The zero-order valence-corrected chi connectivity index (χ0v) is 11.9. The van der Waals surface area contributed by atoms with E-state index in [0.717, 1.165) is 42.6 Å². The molecular weight excluding hydrogens is 252 g/mol. The molecule has 0 saturated carbocycles. The molecule has 0 unspecified atom stereocenters. The molecule has 0 atom stereocenters. The molecule has 0 aliphatic rings. The summed E-state index contributed by atoms with van der Waals surface area (Å²) in [6.45, 7) is 3.64. The van der Waals surface area contributed by atoms with E-state index in [1.807, 2.05) is 37.5 Å². The lowest BCUT2D eigenvalue weighted by atomic mass is 10.1. The molecule has 0 aliphatic carbocycles. The molecule has 5 nitrogen and oxygen atoms in total. The number of aromatic nitrogens is 1. The third kappa shape index (κ3) is 3.25. The highest BCUT2D eigenvalue weighted by molar-refractivity contribution is 6.08. The smallest absolute Gasteiger partial charge is 0.178 e. The summed E-state index contributed by atoms with van der Waals surface area (Å²) in [5.74, 6) is -0.0110. The van der Waals surface area contributed by atoms with E-state index in [-0.39, 0.29) is 12.3 Å². The van der Waals surface area contributed by atoms with Gasteiger partial charge in [-0.05, 0) is 13.1 Å². The summed E-state index contributed by atoms with van der Waals surface area (Å²) in [5.41, 5.74) is 7.28. The largest absolute Gasteiger partial charge is 0.345 e. The Bertz CT molecular complexity index is 576. The lowest BCUT2D eigenvalue weighted by molar-refractivity contribution is 0.100. The molecule has 0 spiro atoms. The molecule has 1 aromatic heterocycles. The SMILES string of the molecule is CNCCNCCn1cc(C(=O)CN)c2ccccc21. The first kappa shape index (κ1) is 14.7. The normalized spacial score (nSPS) is 11.1. The quantitative estimate of drug-likeness (QED) is 0.487. The summed E-state index contributed by atoms with van der Waals surface area (Å²) < 4.78 is 2.12. The van der Waals surface area contributed by atoms with Gasteiger partial charge in [-0.15, -0.1) is 0 Å². The molecule has 0 saturated heterocycles. The van der Waals surface area contributed by atoms with E-state index in [1.54, 1.807) is 0 Å². The molecule has 2 aromatic rings.